The molecule has 0 aromatic rings. The summed E-state index contributed by atoms with van der Waals surface area (Å²) in [5, 5.41) is 6.50. The standard InChI is InChI=1S/C12H22N2O/c1-2-12(5-6-12)11(15)14-9-10-4-3-7-13-8-10/h10,13H,2-9H2,1H3,(H,14,15). The first kappa shape index (κ1) is 10.9. The molecule has 0 aromatic carbocycles. The first-order valence-electron chi connectivity index (χ1n) is 6.26. The van der Waals surface area contributed by atoms with Crippen LogP contribution < -0.4 is 10.6 Å². The molecule has 0 radical (unpaired) electrons. The van der Waals surface area contributed by atoms with Crippen LogP contribution in [-0.2, 0) is 4.79 Å². The summed E-state index contributed by atoms with van der Waals surface area (Å²) in [6.45, 7) is 5.20. The van der Waals surface area contributed by atoms with Gasteiger partial charge < -0.3 is 10.6 Å². The molecule has 2 fully saturated rings. The van der Waals surface area contributed by atoms with Crippen LogP contribution in [0.5, 0.6) is 0 Å². The van der Waals surface area contributed by atoms with E-state index in [1.807, 2.05) is 0 Å². The van der Waals surface area contributed by atoms with E-state index in [0.29, 0.717) is 11.8 Å². The summed E-state index contributed by atoms with van der Waals surface area (Å²) in [5.74, 6) is 0.950. The zero-order valence-electron chi connectivity index (χ0n) is 9.64. The van der Waals surface area contributed by atoms with Gasteiger partial charge in [0.2, 0.25) is 5.91 Å². The van der Waals surface area contributed by atoms with E-state index in [4.69, 9.17) is 0 Å². The maximum Gasteiger partial charge on any atom is 0.226 e. The molecule has 2 N–H and O–H groups in total. The Morgan fingerprint density at radius 3 is 2.87 bits per heavy atom. The lowest BCUT2D eigenvalue weighted by molar-refractivity contribution is -0.126. The molecule has 2 aliphatic rings. The highest BCUT2D eigenvalue weighted by molar-refractivity contribution is 5.85. The second-order valence-corrected chi connectivity index (χ2v) is 5.06. The first-order chi connectivity index (χ1) is 7.27. The van der Waals surface area contributed by atoms with Crippen molar-refractivity contribution in [2.45, 2.75) is 39.0 Å². The second-order valence-electron chi connectivity index (χ2n) is 5.06. The molecule has 0 aromatic heterocycles. The number of nitrogens with one attached hydrogen (secondary N) is 2. The number of hydrogen-bond donors (Lipinski definition) is 2. The highest BCUT2D eigenvalue weighted by Gasteiger charge is 2.47. The van der Waals surface area contributed by atoms with Crippen LogP contribution in [0.2, 0.25) is 0 Å². The minimum Gasteiger partial charge on any atom is -0.355 e. The van der Waals surface area contributed by atoms with Crippen LogP contribution in [0.15, 0.2) is 0 Å². The quantitative estimate of drug-likeness (QED) is 0.734. The monoisotopic (exact) mass is 210 g/mol. The summed E-state index contributed by atoms with van der Waals surface area (Å²) >= 11 is 0. The molecular weight excluding hydrogens is 188 g/mol. The van der Waals surface area contributed by atoms with E-state index >= 15 is 0 Å². The molecule has 1 aliphatic heterocycles. The fourth-order valence-corrected chi connectivity index (χ4v) is 2.41. The number of carbonyl (C=O) groups is 1. The van der Waals surface area contributed by atoms with Crippen LogP contribution >= 0.6 is 0 Å². The third-order valence-corrected chi connectivity index (χ3v) is 3.96. The van der Waals surface area contributed by atoms with E-state index < -0.39 is 0 Å². The van der Waals surface area contributed by atoms with Gasteiger partial charge in [-0.1, -0.05) is 6.92 Å². The molecule has 1 aliphatic carbocycles. The van der Waals surface area contributed by atoms with Crippen molar-refractivity contribution in [3.05, 3.63) is 0 Å². The van der Waals surface area contributed by atoms with Crippen LogP contribution in [0.3, 0.4) is 0 Å². The van der Waals surface area contributed by atoms with E-state index in [0.717, 1.165) is 38.9 Å². The highest BCUT2D eigenvalue weighted by Crippen LogP contribution is 2.48. The summed E-state index contributed by atoms with van der Waals surface area (Å²) in [6, 6.07) is 0. The van der Waals surface area contributed by atoms with Crippen molar-refractivity contribution in [2.75, 3.05) is 19.6 Å². The zero-order chi connectivity index (χ0) is 10.7. The van der Waals surface area contributed by atoms with Crippen molar-refractivity contribution in [1.29, 1.82) is 0 Å². The third-order valence-electron chi connectivity index (χ3n) is 3.96. The van der Waals surface area contributed by atoms with Crippen LogP contribution in [0.1, 0.15) is 39.0 Å². The van der Waals surface area contributed by atoms with Crippen molar-refractivity contribution in [2.24, 2.45) is 11.3 Å². The van der Waals surface area contributed by atoms with Crippen LogP contribution in [-0.4, -0.2) is 25.5 Å². The molecule has 15 heavy (non-hydrogen) atoms. The highest BCUT2D eigenvalue weighted by atomic mass is 16.2. The van der Waals surface area contributed by atoms with Gasteiger partial charge >= 0.3 is 0 Å². The van der Waals surface area contributed by atoms with Gasteiger partial charge in [-0.15, -0.1) is 0 Å². The number of carbonyl (C=O) groups excluding carboxylic acids is 1. The van der Waals surface area contributed by atoms with Crippen molar-refractivity contribution in [3.8, 4) is 0 Å². The van der Waals surface area contributed by atoms with E-state index in [9.17, 15) is 4.79 Å². The topological polar surface area (TPSA) is 41.1 Å². The van der Waals surface area contributed by atoms with Crippen molar-refractivity contribution in [3.63, 3.8) is 0 Å². The Morgan fingerprint density at radius 2 is 2.33 bits per heavy atom. The summed E-state index contributed by atoms with van der Waals surface area (Å²) in [4.78, 5) is 11.9. The largest absolute Gasteiger partial charge is 0.355 e. The van der Waals surface area contributed by atoms with Crippen molar-refractivity contribution < 1.29 is 4.79 Å². The lowest BCUT2D eigenvalue weighted by atomic mass is 9.98. The van der Waals surface area contributed by atoms with Gasteiger partial charge in [-0.3, -0.25) is 4.79 Å². The van der Waals surface area contributed by atoms with Gasteiger partial charge in [-0.25, -0.2) is 0 Å². The van der Waals surface area contributed by atoms with E-state index in [1.165, 1.54) is 12.8 Å². The zero-order valence-corrected chi connectivity index (χ0v) is 9.64. The number of amides is 1. The van der Waals surface area contributed by atoms with Crippen LogP contribution in [0.25, 0.3) is 0 Å². The van der Waals surface area contributed by atoms with E-state index in [-0.39, 0.29) is 5.41 Å². The Morgan fingerprint density at radius 1 is 1.53 bits per heavy atom. The fourth-order valence-electron chi connectivity index (χ4n) is 2.41. The van der Waals surface area contributed by atoms with Gasteiger partial charge in [0.05, 0.1) is 0 Å². The third kappa shape index (κ3) is 2.51. The number of hydrogen-bond acceptors (Lipinski definition) is 2. The predicted octanol–water partition coefficient (Wildman–Crippen LogP) is 1.29. The van der Waals surface area contributed by atoms with Crippen molar-refractivity contribution >= 4 is 5.91 Å². The summed E-state index contributed by atoms with van der Waals surface area (Å²) in [5.41, 5.74) is 0.0299. The molecule has 0 bridgehead atoms. The van der Waals surface area contributed by atoms with Gasteiger partial charge in [0.15, 0.2) is 0 Å². The number of piperidine rings is 1. The first-order valence-corrected chi connectivity index (χ1v) is 6.26. The Balaban J connectivity index is 1.70. The molecule has 1 saturated carbocycles. The van der Waals surface area contributed by atoms with Gasteiger partial charge in [0, 0.05) is 12.0 Å². The molecular formula is C12H22N2O. The van der Waals surface area contributed by atoms with E-state index in [2.05, 4.69) is 17.6 Å². The Bertz CT molecular complexity index is 230. The minimum atomic E-state index is 0.0299. The predicted molar refractivity (Wildman–Crippen MR) is 60.6 cm³/mol. The maximum atomic E-state index is 11.9. The molecule has 1 saturated heterocycles. The molecule has 1 heterocycles. The smallest absolute Gasteiger partial charge is 0.226 e. The van der Waals surface area contributed by atoms with Crippen LogP contribution in [0, 0.1) is 11.3 Å². The molecule has 86 valence electrons. The molecule has 3 nitrogen and oxygen atoms in total. The molecule has 1 atom stereocenters. The normalized spacial score (nSPS) is 28.5. The molecule has 0 spiro atoms. The average Bonchev–Trinajstić information content (AvgIpc) is 3.08. The molecule has 2 rings (SSSR count). The lowest BCUT2D eigenvalue weighted by Gasteiger charge is -2.24. The Kier molecular flexibility index (Phi) is 3.29. The van der Waals surface area contributed by atoms with Crippen LogP contribution in [0.4, 0.5) is 0 Å². The van der Waals surface area contributed by atoms with Crippen molar-refractivity contribution in [1.82, 2.24) is 10.6 Å². The summed E-state index contributed by atoms with van der Waals surface area (Å²) < 4.78 is 0. The molecule has 3 heteroatoms. The van der Waals surface area contributed by atoms with Gasteiger partial charge in [-0.2, -0.15) is 0 Å². The SMILES string of the molecule is CCC1(C(=O)NCC2CCCNC2)CC1. The molecule has 1 amide bonds. The van der Waals surface area contributed by atoms with Gasteiger partial charge in [-0.05, 0) is 51.1 Å². The maximum absolute atomic E-state index is 11.9. The van der Waals surface area contributed by atoms with Gasteiger partial charge in [0.25, 0.3) is 0 Å². The van der Waals surface area contributed by atoms with E-state index in [1.54, 1.807) is 0 Å². The minimum absolute atomic E-state index is 0.0299. The number of rotatable bonds is 4. The lowest BCUT2D eigenvalue weighted by Crippen LogP contribution is -2.40. The van der Waals surface area contributed by atoms with Gasteiger partial charge in [0.1, 0.15) is 0 Å². The average molecular weight is 210 g/mol. The summed E-state index contributed by atoms with van der Waals surface area (Å²) in [7, 11) is 0. The second kappa shape index (κ2) is 4.52. The fraction of sp³-hybridized carbons (Fsp3) is 0.917. The Labute approximate surface area is 92.0 Å². The molecule has 1 unspecified atom stereocenters. The summed E-state index contributed by atoms with van der Waals surface area (Å²) in [6.07, 6.45) is 5.70. The Hall–Kier alpha value is -0.570.